The molecule has 0 atom stereocenters. The minimum Gasteiger partial charge on any atom is -0.352 e. The number of nitrogens with zero attached hydrogens (tertiary/aromatic N) is 2. The quantitative estimate of drug-likeness (QED) is 0.806. The van der Waals surface area contributed by atoms with Crippen LogP contribution >= 0.6 is 0 Å². The van der Waals surface area contributed by atoms with Crippen LogP contribution in [0.15, 0.2) is 30.3 Å². The molecule has 2 amide bonds. The third kappa shape index (κ3) is 5.05. The lowest BCUT2D eigenvalue weighted by atomic mass is 10.1. The standard InChI is InChI=1S/C20H29N3O2/c24-19(11-6-12-21-20(25)17-7-2-1-3-8-17)23-15-13-22(14-16-23)18-9-4-5-10-18/h1-3,7-8,18H,4-6,9-16H2,(H,21,25). The molecule has 0 radical (unpaired) electrons. The van der Waals surface area contributed by atoms with Crippen molar-refractivity contribution in [1.29, 1.82) is 0 Å². The van der Waals surface area contributed by atoms with Gasteiger partial charge in [-0.25, -0.2) is 0 Å². The number of benzene rings is 1. The molecule has 0 spiro atoms. The molecule has 0 bridgehead atoms. The maximum absolute atomic E-state index is 12.3. The first kappa shape index (κ1) is 17.9. The molecule has 136 valence electrons. The highest BCUT2D eigenvalue weighted by molar-refractivity contribution is 5.94. The van der Waals surface area contributed by atoms with E-state index in [2.05, 4.69) is 10.2 Å². The number of amides is 2. The molecule has 2 aliphatic rings. The summed E-state index contributed by atoms with van der Waals surface area (Å²) in [7, 11) is 0. The molecule has 5 nitrogen and oxygen atoms in total. The number of hydrogen-bond donors (Lipinski definition) is 1. The largest absolute Gasteiger partial charge is 0.352 e. The molecule has 0 unspecified atom stereocenters. The van der Waals surface area contributed by atoms with Gasteiger partial charge in [-0.15, -0.1) is 0 Å². The van der Waals surface area contributed by atoms with Crippen molar-refractivity contribution < 1.29 is 9.59 Å². The third-order valence-corrected chi connectivity index (χ3v) is 5.40. The lowest BCUT2D eigenvalue weighted by Gasteiger charge is -2.38. The average Bonchev–Trinajstić information content (AvgIpc) is 3.20. The van der Waals surface area contributed by atoms with Crippen LogP contribution in [0.1, 0.15) is 48.9 Å². The summed E-state index contributed by atoms with van der Waals surface area (Å²) in [6.07, 6.45) is 6.58. The van der Waals surface area contributed by atoms with E-state index in [-0.39, 0.29) is 11.8 Å². The lowest BCUT2D eigenvalue weighted by Crippen LogP contribution is -2.51. The van der Waals surface area contributed by atoms with E-state index in [1.54, 1.807) is 12.1 Å². The zero-order chi connectivity index (χ0) is 17.5. The number of carbonyl (C=O) groups excluding carboxylic acids is 2. The molecule has 1 N–H and O–H groups in total. The summed E-state index contributed by atoms with van der Waals surface area (Å²) in [4.78, 5) is 28.8. The van der Waals surface area contributed by atoms with Crippen molar-refractivity contribution in [3.63, 3.8) is 0 Å². The molecule has 0 aromatic heterocycles. The van der Waals surface area contributed by atoms with E-state index in [0.29, 0.717) is 24.9 Å². The van der Waals surface area contributed by atoms with Crippen molar-refractivity contribution in [2.75, 3.05) is 32.7 Å². The summed E-state index contributed by atoms with van der Waals surface area (Å²) >= 11 is 0. The van der Waals surface area contributed by atoms with Gasteiger partial charge < -0.3 is 10.2 Å². The highest BCUT2D eigenvalue weighted by Gasteiger charge is 2.27. The van der Waals surface area contributed by atoms with Gasteiger partial charge in [-0.1, -0.05) is 31.0 Å². The molecule has 1 saturated carbocycles. The van der Waals surface area contributed by atoms with Crippen molar-refractivity contribution in [3.8, 4) is 0 Å². The summed E-state index contributed by atoms with van der Waals surface area (Å²) in [5.41, 5.74) is 0.664. The van der Waals surface area contributed by atoms with Gasteiger partial charge in [-0.2, -0.15) is 0 Å². The molecule has 25 heavy (non-hydrogen) atoms. The summed E-state index contributed by atoms with van der Waals surface area (Å²) in [5, 5.41) is 2.88. The van der Waals surface area contributed by atoms with Crippen molar-refractivity contribution in [1.82, 2.24) is 15.1 Å². The Labute approximate surface area is 150 Å². The van der Waals surface area contributed by atoms with E-state index in [1.165, 1.54) is 25.7 Å². The van der Waals surface area contributed by atoms with Crippen molar-refractivity contribution in [3.05, 3.63) is 35.9 Å². The van der Waals surface area contributed by atoms with Crippen molar-refractivity contribution >= 4 is 11.8 Å². The van der Waals surface area contributed by atoms with Gasteiger partial charge in [-0.3, -0.25) is 14.5 Å². The van der Waals surface area contributed by atoms with Crippen LogP contribution in [0.25, 0.3) is 0 Å². The summed E-state index contributed by atoms with van der Waals surface area (Å²) < 4.78 is 0. The first-order valence-corrected chi connectivity index (χ1v) is 9.59. The molecule has 5 heteroatoms. The predicted octanol–water partition coefficient (Wildman–Crippen LogP) is 2.28. The number of nitrogens with one attached hydrogen (secondary N) is 1. The van der Waals surface area contributed by atoms with Gasteiger partial charge in [0, 0.05) is 50.7 Å². The second-order valence-corrected chi connectivity index (χ2v) is 7.08. The summed E-state index contributed by atoms with van der Waals surface area (Å²) in [6, 6.07) is 9.94. The fraction of sp³-hybridized carbons (Fsp3) is 0.600. The maximum Gasteiger partial charge on any atom is 0.251 e. The maximum atomic E-state index is 12.3. The van der Waals surface area contributed by atoms with Crippen LogP contribution in [0.2, 0.25) is 0 Å². The highest BCUT2D eigenvalue weighted by atomic mass is 16.2. The van der Waals surface area contributed by atoms with Gasteiger partial charge in [0.1, 0.15) is 0 Å². The Balaban J connectivity index is 1.31. The van der Waals surface area contributed by atoms with E-state index in [4.69, 9.17) is 0 Å². The Kier molecular flexibility index (Phi) is 6.45. The number of rotatable bonds is 6. The molecule has 1 heterocycles. The molecule has 1 aromatic carbocycles. The van der Waals surface area contributed by atoms with E-state index >= 15 is 0 Å². The molecule has 1 aliphatic carbocycles. The fourth-order valence-corrected chi connectivity index (χ4v) is 3.90. The van der Waals surface area contributed by atoms with E-state index in [9.17, 15) is 9.59 Å². The van der Waals surface area contributed by atoms with Gasteiger partial charge in [0.25, 0.3) is 5.91 Å². The Morgan fingerprint density at radius 2 is 1.68 bits per heavy atom. The van der Waals surface area contributed by atoms with E-state index in [1.807, 2.05) is 23.1 Å². The monoisotopic (exact) mass is 343 g/mol. The van der Waals surface area contributed by atoms with Crippen LogP contribution < -0.4 is 5.32 Å². The van der Waals surface area contributed by atoms with Crippen molar-refractivity contribution in [2.45, 2.75) is 44.6 Å². The average molecular weight is 343 g/mol. The van der Waals surface area contributed by atoms with Crippen LogP contribution in [0.3, 0.4) is 0 Å². The van der Waals surface area contributed by atoms with E-state index < -0.39 is 0 Å². The van der Waals surface area contributed by atoms with Crippen molar-refractivity contribution in [2.24, 2.45) is 0 Å². The first-order chi connectivity index (χ1) is 12.2. The second-order valence-electron chi connectivity index (χ2n) is 7.08. The Morgan fingerprint density at radius 3 is 2.36 bits per heavy atom. The second kappa shape index (κ2) is 8.99. The number of carbonyl (C=O) groups is 2. The van der Waals surface area contributed by atoms with Gasteiger partial charge in [0.2, 0.25) is 5.91 Å². The lowest BCUT2D eigenvalue weighted by molar-refractivity contribution is -0.133. The van der Waals surface area contributed by atoms with Crippen LogP contribution in [0, 0.1) is 0 Å². The normalized spacial score (nSPS) is 19.1. The molecular formula is C20H29N3O2. The van der Waals surface area contributed by atoms with E-state index in [0.717, 1.165) is 32.2 Å². The number of hydrogen-bond acceptors (Lipinski definition) is 3. The minimum absolute atomic E-state index is 0.0711. The topological polar surface area (TPSA) is 52.7 Å². The molecule has 1 aliphatic heterocycles. The summed E-state index contributed by atoms with van der Waals surface area (Å²) in [6.45, 7) is 4.28. The predicted molar refractivity (Wildman–Crippen MR) is 98.4 cm³/mol. The zero-order valence-corrected chi connectivity index (χ0v) is 15.0. The fourth-order valence-electron chi connectivity index (χ4n) is 3.90. The smallest absolute Gasteiger partial charge is 0.251 e. The minimum atomic E-state index is -0.0711. The summed E-state index contributed by atoms with van der Waals surface area (Å²) in [5.74, 6) is 0.151. The Morgan fingerprint density at radius 1 is 1.00 bits per heavy atom. The van der Waals surface area contributed by atoms with Gasteiger partial charge in [0.15, 0.2) is 0 Å². The molecule has 1 saturated heterocycles. The van der Waals surface area contributed by atoms with Crippen LogP contribution in [-0.4, -0.2) is 60.4 Å². The van der Waals surface area contributed by atoms with Crippen LogP contribution in [0.4, 0.5) is 0 Å². The third-order valence-electron chi connectivity index (χ3n) is 5.40. The van der Waals surface area contributed by atoms with Gasteiger partial charge in [-0.05, 0) is 31.4 Å². The molecule has 1 aromatic rings. The van der Waals surface area contributed by atoms with Crippen LogP contribution in [-0.2, 0) is 4.79 Å². The zero-order valence-electron chi connectivity index (χ0n) is 15.0. The molecule has 2 fully saturated rings. The highest BCUT2D eigenvalue weighted by Crippen LogP contribution is 2.24. The Hall–Kier alpha value is -1.88. The number of piperazine rings is 1. The van der Waals surface area contributed by atoms with Gasteiger partial charge in [0.05, 0.1) is 0 Å². The molecular weight excluding hydrogens is 314 g/mol. The molecule has 3 rings (SSSR count). The van der Waals surface area contributed by atoms with Crippen LogP contribution in [0.5, 0.6) is 0 Å². The SMILES string of the molecule is O=C(NCCCC(=O)N1CCN(C2CCCC2)CC1)c1ccccc1. The van der Waals surface area contributed by atoms with Gasteiger partial charge >= 0.3 is 0 Å². The Bertz CT molecular complexity index is 562. The first-order valence-electron chi connectivity index (χ1n) is 9.59.